The maximum absolute atomic E-state index is 10.4. The number of aliphatic hydroxyl groups excluding tert-OH is 1. The molecule has 2 atom stereocenters. The van der Waals surface area contributed by atoms with Gasteiger partial charge in [0.2, 0.25) is 0 Å². The molecule has 2 rings (SSSR count). The summed E-state index contributed by atoms with van der Waals surface area (Å²) in [4.78, 5) is 0. The second-order valence-corrected chi connectivity index (χ2v) is 7.54. The van der Waals surface area contributed by atoms with Gasteiger partial charge in [-0.15, -0.1) is 0 Å². The number of hydrogen-bond acceptors (Lipinski definition) is 3. The number of nitrogens with one attached hydrogen (secondary N) is 1. The molecule has 2 unspecified atom stereocenters. The first-order valence-corrected chi connectivity index (χ1v) is 7.97. The summed E-state index contributed by atoms with van der Waals surface area (Å²) in [5, 5.41) is 13.9. The van der Waals surface area contributed by atoms with E-state index in [1.54, 1.807) is 0 Å². The van der Waals surface area contributed by atoms with Gasteiger partial charge in [-0.2, -0.15) is 0 Å². The topological polar surface area (TPSA) is 41.5 Å². The van der Waals surface area contributed by atoms with Crippen molar-refractivity contribution in [3.05, 3.63) is 0 Å². The van der Waals surface area contributed by atoms with E-state index in [1.807, 2.05) is 0 Å². The zero-order chi connectivity index (χ0) is 13.9. The molecule has 0 bridgehead atoms. The molecule has 1 saturated heterocycles. The predicted molar refractivity (Wildman–Crippen MR) is 78.3 cm³/mol. The number of ether oxygens (including phenoxy) is 1. The molecule has 1 spiro atoms. The highest BCUT2D eigenvalue weighted by Gasteiger charge is 2.40. The Balaban J connectivity index is 1.86. The molecular weight excluding hydrogens is 238 g/mol. The maximum atomic E-state index is 10.4. The summed E-state index contributed by atoms with van der Waals surface area (Å²) < 4.78 is 6.10. The smallest absolute Gasteiger partial charge is 0.0694 e. The van der Waals surface area contributed by atoms with Crippen molar-refractivity contribution < 1.29 is 9.84 Å². The van der Waals surface area contributed by atoms with Crippen LogP contribution >= 0.6 is 0 Å². The molecule has 3 heteroatoms. The Hall–Kier alpha value is -0.120. The van der Waals surface area contributed by atoms with Crippen LogP contribution in [0.2, 0.25) is 0 Å². The van der Waals surface area contributed by atoms with Gasteiger partial charge in [0.25, 0.3) is 0 Å². The van der Waals surface area contributed by atoms with E-state index in [4.69, 9.17) is 4.74 Å². The van der Waals surface area contributed by atoms with Gasteiger partial charge in [0, 0.05) is 18.7 Å². The van der Waals surface area contributed by atoms with E-state index in [0.29, 0.717) is 12.5 Å². The quantitative estimate of drug-likeness (QED) is 0.828. The summed E-state index contributed by atoms with van der Waals surface area (Å²) >= 11 is 0. The van der Waals surface area contributed by atoms with Crippen molar-refractivity contribution in [1.29, 1.82) is 0 Å². The normalized spacial score (nSPS) is 29.4. The molecule has 1 aliphatic carbocycles. The van der Waals surface area contributed by atoms with E-state index in [0.717, 1.165) is 19.4 Å². The first-order chi connectivity index (χ1) is 8.90. The van der Waals surface area contributed by atoms with Gasteiger partial charge in [-0.25, -0.2) is 0 Å². The fourth-order valence-electron chi connectivity index (χ4n) is 3.52. The fraction of sp³-hybridized carbons (Fsp3) is 1.00. The molecule has 2 fully saturated rings. The maximum Gasteiger partial charge on any atom is 0.0694 e. The molecule has 1 aliphatic heterocycles. The van der Waals surface area contributed by atoms with Crippen molar-refractivity contribution >= 4 is 0 Å². The molecule has 1 saturated carbocycles. The van der Waals surface area contributed by atoms with Gasteiger partial charge in [-0.3, -0.25) is 0 Å². The molecular formula is C16H31NO2. The summed E-state index contributed by atoms with van der Waals surface area (Å²) in [6.45, 7) is 7.96. The highest BCUT2D eigenvalue weighted by atomic mass is 16.5. The van der Waals surface area contributed by atoms with Crippen molar-refractivity contribution in [3.63, 3.8) is 0 Å². The largest absolute Gasteiger partial charge is 0.392 e. The fourth-order valence-corrected chi connectivity index (χ4v) is 3.52. The van der Waals surface area contributed by atoms with Crippen LogP contribution in [0.25, 0.3) is 0 Å². The van der Waals surface area contributed by atoms with Crippen LogP contribution in [0.5, 0.6) is 0 Å². The van der Waals surface area contributed by atoms with Gasteiger partial charge in [-0.1, -0.05) is 19.3 Å². The molecule has 0 aromatic heterocycles. The van der Waals surface area contributed by atoms with Crippen LogP contribution in [-0.2, 0) is 4.74 Å². The summed E-state index contributed by atoms with van der Waals surface area (Å²) in [5.74, 6) is 0.404. The Kier molecular flexibility index (Phi) is 4.91. The summed E-state index contributed by atoms with van der Waals surface area (Å²) in [6.07, 6.45) is 8.17. The molecule has 2 aliphatic rings. The second-order valence-electron chi connectivity index (χ2n) is 7.54. The standard InChI is InChI=1S/C16H31NO2/c1-15(2,3)17-12-14(18)13-7-10-19-16(11-13)8-5-4-6-9-16/h13-14,17-18H,4-12H2,1-3H3. The lowest BCUT2D eigenvalue weighted by atomic mass is 9.74. The average molecular weight is 269 g/mol. The number of aliphatic hydroxyl groups is 1. The van der Waals surface area contributed by atoms with Crippen LogP contribution in [0.15, 0.2) is 0 Å². The van der Waals surface area contributed by atoms with Crippen LogP contribution in [0.1, 0.15) is 65.7 Å². The van der Waals surface area contributed by atoms with E-state index in [2.05, 4.69) is 26.1 Å². The number of β-amino-alcohol motifs (C(OH)–C–C–N with tert-alkyl or cyclic N) is 1. The van der Waals surface area contributed by atoms with Crippen LogP contribution < -0.4 is 5.32 Å². The highest BCUT2D eigenvalue weighted by molar-refractivity contribution is 4.92. The monoisotopic (exact) mass is 269 g/mol. The number of rotatable bonds is 3. The summed E-state index contributed by atoms with van der Waals surface area (Å²) in [5.41, 5.74) is 0.179. The first-order valence-electron chi connectivity index (χ1n) is 7.97. The molecule has 0 radical (unpaired) electrons. The Morgan fingerprint density at radius 2 is 1.95 bits per heavy atom. The minimum Gasteiger partial charge on any atom is -0.392 e. The molecule has 0 amide bonds. The Morgan fingerprint density at radius 1 is 1.26 bits per heavy atom. The minimum absolute atomic E-state index is 0.0780. The molecule has 2 N–H and O–H groups in total. The van der Waals surface area contributed by atoms with Gasteiger partial charge in [-0.05, 0) is 52.4 Å². The van der Waals surface area contributed by atoms with Gasteiger partial charge >= 0.3 is 0 Å². The Morgan fingerprint density at radius 3 is 2.58 bits per heavy atom. The molecule has 0 aromatic rings. The van der Waals surface area contributed by atoms with Crippen molar-refractivity contribution in [2.45, 2.75) is 83.0 Å². The van der Waals surface area contributed by atoms with E-state index in [9.17, 15) is 5.11 Å². The number of hydrogen-bond donors (Lipinski definition) is 2. The van der Waals surface area contributed by atoms with Gasteiger partial charge < -0.3 is 15.2 Å². The highest BCUT2D eigenvalue weighted by Crippen LogP contribution is 2.41. The lowest BCUT2D eigenvalue weighted by Crippen LogP contribution is -2.48. The third-order valence-electron chi connectivity index (χ3n) is 4.68. The molecule has 0 aromatic carbocycles. The summed E-state index contributed by atoms with van der Waals surface area (Å²) in [7, 11) is 0. The van der Waals surface area contributed by atoms with Crippen molar-refractivity contribution in [2.24, 2.45) is 5.92 Å². The Bertz CT molecular complexity index is 273. The van der Waals surface area contributed by atoms with Gasteiger partial charge in [0.05, 0.1) is 11.7 Å². The Labute approximate surface area is 118 Å². The van der Waals surface area contributed by atoms with Crippen LogP contribution in [0.4, 0.5) is 0 Å². The third kappa shape index (κ3) is 4.44. The van der Waals surface area contributed by atoms with Crippen molar-refractivity contribution in [2.75, 3.05) is 13.2 Å². The van der Waals surface area contributed by atoms with E-state index >= 15 is 0 Å². The van der Waals surface area contributed by atoms with Crippen LogP contribution in [0, 0.1) is 5.92 Å². The van der Waals surface area contributed by atoms with Crippen molar-refractivity contribution in [3.8, 4) is 0 Å². The zero-order valence-electron chi connectivity index (χ0n) is 12.9. The summed E-state index contributed by atoms with van der Waals surface area (Å²) in [6, 6.07) is 0. The average Bonchev–Trinajstić information content (AvgIpc) is 2.36. The minimum atomic E-state index is -0.234. The SMILES string of the molecule is CC(C)(C)NCC(O)C1CCOC2(CCCCC2)C1. The lowest BCUT2D eigenvalue weighted by molar-refractivity contribution is -0.133. The van der Waals surface area contributed by atoms with E-state index < -0.39 is 0 Å². The van der Waals surface area contributed by atoms with E-state index in [-0.39, 0.29) is 17.2 Å². The lowest BCUT2D eigenvalue weighted by Gasteiger charge is -2.45. The zero-order valence-corrected chi connectivity index (χ0v) is 12.9. The van der Waals surface area contributed by atoms with Gasteiger partial charge in [0.15, 0.2) is 0 Å². The van der Waals surface area contributed by atoms with Crippen molar-refractivity contribution in [1.82, 2.24) is 5.32 Å². The predicted octanol–water partition coefficient (Wildman–Crippen LogP) is 2.86. The second kappa shape index (κ2) is 6.11. The molecule has 3 nitrogen and oxygen atoms in total. The molecule has 1 heterocycles. The molecule has 19 heavy (non-hydrogen) atoms. The van der Waals surface area contributed by atoms with Gasteiger partial charge in [0.1, 0.15) is 0 Å². The first kappa shape index (κ1) is 15.3. The third-order valence-corrected chi connectivity index (χ3v) is 4.68. The van der Waals surface area contributed by atoms with Crippen LogP contribution in [-0.4, -0.2) is 35.5 Å². The van der Waals surface area contributed by atoms with E-state index in [1.165, 1.54) is 32.1 Å². The van der Waals surface area contributed by atoms with Crippen LogP contribution in [0.3, 0.4) is 0 Å². The molecule has 112 valence electrons.